The second-order valence-electron chi connectivity index (χ2n) is 4.26. The van der Waals surface area contributed by atoms with E-state index >= 15 is 0 Å². The third-order valence-electron chi connectivity index (χ3n) is 2.96. The Balaban J connectivity index is 2.17. The molecule has 0 aliphatic rings. The lowest BCUT2D eigenvalue weighted by atomic mass is 10.1. The molecule has 19 heavy (non-hydrogen) atoms. The summed E-state index contributed by atoms with van der Waals surface area (Å²) in [6.45, 7) is 5.05. The number of nitrogens with one attached hydrogen (secondary N) is 1. The van der Waals surface area contributed by atoms with Crippen LogP contribution in [-0.4, -0.2) is 24.4 Å². The van der Waals surface area contributed by atoms with Gasteiger partial charge in [-0.1, -0.05) is 18.3 Å². The van der Waals surface area contributed by atoms with Gasteiger partial charge in [0.05, 0.1) is 16.6 Å². The van der Waals surface area contributed by atoms with Crippen molar-refractivity contribution in [2.24, 2.45) is 5.84 Å². The number of aryl methyl sites for hydroxylation is 2. The smallest absolute Gasteiger partial charge is 0.138 e. The topological polar surface area (TPSA) is 94.5 Å². The first-order chi connectivity index (χ1) is 9.30. The van der Waals surface area contributed by atoms with E-state index in [1.807, 2.05) is 4.68 Å². The van der Waals surface area contributed by atoms with Gasteiger partial charge in [-0.3, -0.25) is 16.0 Å². The Hall–Kier alpha value is -1.38. The Labute approximate surface area is 116 Å². The monoisotopic (exact) mass is 281 g/mol. The van der Waals surface area contributed by atoms with Crippen LogP contribution in [0.2, 0.25) is 0 Å². The van der Waals surface area contributed by atoms with Gasteiger partial charge >= 0.3 is 0 Å². The SMILES string of the molecule is CCCn1ncnc1CC(NN)c1snnc1CC. The third kappa shape index (κ3) is 3.14. The highest BCUT2D eigenvalue weighted by molar-refractivity contribution is 7.05. The maximum absolute atomic E-state index is 5.67. The summed E-state index contributed by atoms with van der Waals surface area (Å²) in [5.41, 5.74) is 3.83. The van der Waals surface area contributed by atoms with Gasteiger partial charge in [0.1, 0.15) is 12.2 Å². The van der Waals surface area contributed by atoms with Crippen molar-refractivity contribution in [1.82, 2.24) is 29.8 Å². The van der Waals surface area contributed by atoms with E-state index in [0.717, 1.165) is 35.8 Å². The van der Waals surface area contributed by atoms with Crippen LogP contribution in [0.15, 0.2) is 6.33 Å². The first-order valence-electron chi connectivity index (χ1n) is 6.44. The molecule has 0 aliphatic carbocycles. The molecule has 0 amide bonds. The summed E-state index contributed by atoms with van der Waals surface area (Å²) in [5, 5.41) is 8.35. The second-order valence-corrected chi connectivity index (χ2v) is 5.05. The molecular formula is C11H19N7S. The second kappa shape index (κ2) is 6.69. The van der Waals surface area contributed by atoms with Crippen LogP contribution >= 0.6 is 11.5 Å². The highest BCUT2D eigenvalue weighted by Crippen LogP contribution is 2.23. The van der Waals surface area contributed by atoms with Crippen molar-refractivity contribution in [3.8, 4) is 0 Å². The number of hydrazine groups is 1. The number of rotatable bonds is 7. The molecule has 3 N–H and O–H groups in total. The van der Waals surface area contributed by atoms with Crippen molar-refractivity contribution in [3.63, 3.8) is 0 Å². The summed E-state index contributed by atoms with van der Waals surface area (Å²) in [6, 6.07) is -0.0187. The predicted molar refractivity (Wildman–Crippen MR) is 73.4 cm³/mol. The molecule has 0 saturated heterocycles. The summed E-state index contributed by atoms with van der Waals surface area (Å²) in [4.78, 5) is 5.39. The van der Waals surface area contributed by atoms with E-state index in [9.17, 15) is 0 Å². The molecule has 0 fully saturated rings. The van der Waals surface area contributed by atoms with Crippen LogP contribution in [0.25, 0.3) is 0 Å². The van der Waals surface area contributed by atoms with Crippen LogP contribution in [0.4, 0.5) is 0 Å². The molecule has 7 nitrogen and oxygen atoms in total. The normalized spacial score (nSPS) is 12.8. The Morgan fingerprint density at radius 1 is 1.47 bits per heavy atom. The van der Waals surface area contributed by atoms with Crippen molar-refractivity contribution >= 4 is 11.5 Å². The average molecular weight is 281 g/mol. The van der Waals surface area contributed by atoms with Gasteiger partial charge in [-0.15, -0.1) is 5.10 Å². The Morgan fingerprint density at radius 2 is 2.32 bits per heavy atom. The summed E-state index contributed by atoms with van der Waals surface area (Å²) >= 11 is 1.39. The van der Waals surface area contributed by atoms with Gasteiger partial charge in [-0.05, 0) is 24.4 Å². The maximum atomic E-state index is 5.67. The van der Waals surface area contributed by atoms with E-state index in [1.165, 1.54) is 11.5 Å². The lowest BCUT2D eigenvalue weighted by molar-refractivity contribution is 0.501. The molecule has 0 radical (unpaired) electrons. The summed E-state index contributed by atoms with van der Waals surface area (Å²) in [7, 11) is 0. The van der Waals surface area contributed by atoms with Gasteiger partial charge in [0.2, 0.25) is 0 Å². The number of nitrogens with zero attached hydrogens (tertiary/aromatic N) is 5. The minimum Gasteiger partial charge on any atom is -0.271 e. The lowest BCUT2D eigenvalue weighted by Gasteiger charge is -2.14. The third-order valence-corrected chi connectivity index (χ3v) is 3.84. The molecule has 0 bridgehead atoms. The molecule has 0 aromatic carbocycles. The Morgan fingerprint density at radius 3 is 3.00 bits per heavy atom. The van der Waals surface area contributed by atoms with Crippen molar-refractivity contribution in [2.45, 2.75) is 45.7 Å². The molecule has 0 aliphatic heterocycles. The molecular weight excluding hydrogens is 262 g/mol. The zero-order valence-corrected chi connectivity index (χ0v) is 12.0. The Bertz CT molecular complexity index is 507. The first kappa shape index (κ1) is 14.0. The van der Waals surface area contributed by atoms with Crippen molar-refractivity contribution in [2.75, 3.05) is 0 Å². The fourth-order valence-corrected chi connectivity index (χ4v) is 2.78. The largest absolute Gasteiger partial charge is 0.271 e. The molecule has 2 aromatic heterocycles. The summed E-state index contributed by atoms with van der Waals surface area (Å²) < 4.78 is 5.92. The van der Waals surface area contributed by atoms with E-state index in [1.54, 1.807) is 6.33 Å². The highest BCUT2D eigenvalue weighted by Gasteiger charge is 2.20. The maximum Gasteiger partial charge on any atom is 0.138 e. The summed E-state index contributed by atoms with van der Waals surface area (Å²) in [5.74, 6) is 6.60. The van der Waals surface area contributed by atoms with E-state index < -0.39 is 0 Å². The van der Waals surface area contributed by atoms with Gasteiger partial charge in [0.25, 0.3) is 0 Å². The van der Waals surface area contributed by atoms with Gasteiger partial charge in [0.15, 0.2) is 0 Å². The zero-order valence-electron chi connectivity index (χ0n) is 11.2. The fourth-order valence-electron chi connectivity index (χ4n) is 1.98. The highest BCUT2D eigenvalue weighted by atomic mass is 32.1. The zero-order chi connectivity index (χ0) is 13.7. The fraction of sp³-hybridized carbons (Fsp3) is 0.636. The molecule has 1 unspecified atom stereocenters. The number of hydrogen-bond acceptors (Lipinski definition) is 7. The van der Waals surface area contributed by atoms with Gasteiger partial charge in [-0.25, -0.2) is 4.98 Å². The first-order valence-corrected chi connectivity index (χ1v) is 7.21. The molecule has 2 aromatic rings. The lowest BCUT2D eigenvalue weighted by Crippen LogP contribution is -2.30. The molecule has 2 rings (SSSR count). The molecule has 1 atom stereocenters. The number of nitrogens with two attached hydrogens (primary N) is 1. The van der Waals surface area contributed by atoms with Crippen molar-refractivity contribution in [3.05, 3.63) is 22.7 Å². The van der Waals surface area contributed by atoms with E-state index in [-0.39, 0.29) is 6.04 Å². The van der Waals surface area contributed by atoms with Gasteiger partial charge in [-0.2, -0.15) is 5.10 Å². The van der Waals surface area contributed by atoms with E-state index in [0.29, 0.717) is 6.42 Å². The van der Waals surface area contributed by atoms with E-state index in [2.05, 4.69) is 38.9 Å². The van der Waals surface area contributed by atoms with Gasteiger partial charge < -0.3 is 0 Å². The van der Waals surface area contributed by atoms with Crippen LogP contribution in [0.1, 0.15) is 42.7 Å². The van der Waals surface area contributed by atoms with Gasteiger partial charge in [0, 0.05) is 13.0 Å². The van der Waals surface area contributed by atoms with Crippen LogP contribution in [0.3, 0.4) is 0 Å². The molecule has 2 heterocycles. The van der Waals surface area contributed by atoms with Crippen molar-refractivity contribution < 1.29 is 0 Å². The molecule has 8 heteroatoms. The summed E-state index contributed by atoms with van der Waals surface area (Å²) in [6.07, 6.45) is 4.16. The van der Waals surface area contributed by atoms with Crippen LogP contribution < -0.4 is 11.3 Å². The van der Waals surface area contributed by atoms with E-state index in [4.69, 9.17) is 5.84 Å². The van der Waals surface area contributed by atoms with Crippen LogP contribution in [-0.2, 0) is 19.4 Å². The average Bonchev–Trinajstić information content (AvgIpc) is 3.05. The van der Waals surface area contributed by atoms with Crippen LogP contribution in [0, 0.1) is 0 Å². The predicted octanol–water partition coefficient (Wildman–Crippen LogP) is 0.849. The molecule has 0 saturated carbocycles. The Kier molecular flexibility index (Phi) is 4.94. The quantitative estimate of drug-likeness (QED) is 0.577. The molecule has 0 spiro atoms. The number of hydrogen-bond donors (Lipinski definition) is 2. The number of aromatic nitrogens is 5. The van der Waals surface area contributed by atoms with Crippen molar-refractivity contribution in [1.29, 1.82) is 0 Å². The van der Waals surface area contributed by atoms with Crippen LogP contribution in [0.5, 0.6) is 0 Å². The minimum atomic E-state index is -0.0187. The standard InChI is InChI=1S/C11H19N7S/c1-3-5-18-10(13-7-14-18)6-9(15-12)11-8(4-2)16-17-19-11/h7,9,15H,3-6,12H2,1-2H3. The molecule has 104 valence electrons. The minimum absolute atomic E-state index is 0.0187.